The zero-order valence-electron chi connectivity index (χ0n) is 29.2. The molecule has 1 aromatic heterocycles. The quantitative estimate of drug-likeness (QED) is 0.286. The van der Waals surface area contributed by atoms with Gasteiger partial charge in [0.2, 0.25) is 0 Å². The van der Waals surface area contributed by atoms with Crippen molar-refractivity contribution in [2.24, 2.45) is 22.1 Å². The normalized spacial score (nSPS) is 30.6. The van der Waals surface area contributed by atoms with Crippen LogP contribution in [0.25, 0.3) is 6.08 Å². The Labute approximate surface area is 305 Å². The number of anilines is 1. The molecule has 8 rings (SSSR count). The van der Waals surface area contributed by atoms with Crippen molar-refractivity contribution in [3.8, 4) is 5.75 Å². The molecule has 2 amide bonds. The van der Waals surface area contributed by atoms with E-state index in [1.165, 1.54) is 11.1 Å². The molecule has 2 bridgehead atoms. The molecule has 3 aliphatic heterocycles. The summed E-state index contributed by atoms with van der Waals surface area (Å²) in [6.45, 7) is 4.66. The SMILES string of the molecule is CO[C@H]1/C=C/C[C@H](C)CS(=O)(NC(=O)c2cc3n(c2)CC=C3)=NC(=O)c2ccc3c(c2)N(C[C@@H]2CC[C@H]21)C[C@@]1(CCCc2cc(Cl)ccc21)CO3. The molecule has 3 aromatic rings. The van der Waals surface area contributed by atoms with Crippen molar-refractivity contribution in [3.05, 3.63) is 99.9 Å². The van der Waals surface area contributed by atoms with Crippen molar-refractivity contribution < 1.29 is 23.3 Å². The van der Waals surface area contributed by atoms with E-state index in [4.69, 9.17) is 21.1 Å². The van der Waals surface area contributed by atoms with Crippen molar-refractivity contribution in [2.75, 3.05) is 37.5 Å². The van der Waals surface area contributed by atoms with Crippen molar-refractivity contribution in [2.45, 2.75) is 63.5 Å². The van der Waals surface area contributed by atoms with Crippen LogP contribution < -0.4 is 14.4 Å². The van der Waals surface area contributed by atoms with Crippen LogP contribution in [0.2, 0.25) is 5.02 Å². The van der Waals surface area contributed by atoms with E-state index in [0.29, 0.717) is 48.3 Å². The van der Waals surface area contributed by atoms with Crippen LogP contribution in [0.15, 0.2) is 71.3 Å². The van der Waals surface area contributed by atoms with E-state index in [1.807, 2.05) is 41.8 Å². The number of ether oxygens (including phenoxy) is 2. The molecule has 2 aromatic carbocycles. The summed E-state index contributed by atoms with van der Waals surface area (Å²) in [7, 11) is -1.73. The highest BCUT2D eigenvalue weighted by atomic mass is 35.5. The van der Waals surface area contributed by atoms with Gasteiger partial charge < -0.3 is 18.9 Å². The number of methoxy groups -OCH3 is 1. The summed E-state index contributed by atoms with van der Waals surface area (Å²) < 4.78 is 36.3. The second-order valence-electron chi connectivity index (χ2n) is 15.1. The fraction of sp³-hybridized carbons (Fsp3) is 0.450. The van der Waals surface area contributed by atoms with Crippen LogP contribution in [0, 0.1) is 17.8 Å². The Bertz CT molecular complexity index is 2060. The monoisotopic (exact) mass is 728 g/mol. The summed E-state index contributed by atoms with van der Waals surface area (Å²) in [5.41, 5.74) is 4.72. The molecule has 0 saturated heterocycles. The van der Waals surface area contributed by atoms with Crippen molar-refractivity contribution >= 4 is 45.1 Å². The molecule has 0 radical (unpaired) electrons. The Kier molecular flexibility index (Phi) is 9.13. The van der Waals surface area contributed by atoms with E-state index in [-0.39, 0.29) is 23.2 Å². The van der Waals surface area contributed by atoms with E-state index in [2.05, 4.69) is 38.3 Å². The highest BCUT2D eigenvalue weighted by Gasteiger charge is 2.44. The molecule has 1 fully saturated rings. The van der Waals surface area contributed by atoms with E-state index in [9.17, 15) is 13.8 Å². The van der Waals surface area contributed by atoms with Crippen molar-refractivity contribution in [1.29, 1.82) is 0 Å². The Morgan fingerprint density at radius 3 is 2.84 bits per heavy atom. The topological polar surface area (TPSA) is 102 Å². The van der Waals surface area contributed by atoms with Gasteiger partial charge in [-0.05, 0) is 110 Å². The first-order valence-electron chi connectivity index (χ1n) is 18.1. The van der Waals surface area contributed by atoms with Gasteiger partial charge in [-0.1, -0.05) is 42.8 Å². The Morgan fingerprint density at radius 1 is 1.16 bits per heavy atom. The minimum Gasteiger partial charge on any atom is -0.490 e. The van der Waals surface area contributed by atoms with E-state index >= 15 is 0 Å². The predicted octanol–water partition coefficient (Wildman–Crippen LogP) is 7.23. The largest absolute Gasteiger partial charge is 0.490 e. The van der Waals surface area contributed by atoms with Gasteiger partial charge in [0, 0.05) is 54.6 Å². The first kappa shape index (κ1) is 34.2. The van der Waals surface area contributed by atoms with Gasteiger partial charge in [-0.3, -0.25) is 14.3 Å². The summed E-state index contributed by atoms with van der Waals surface area (Å²) in [6, 6.07) is 13.4. The van der Waals surface area contributed by atoms with Gasteiger partial charge in [-0.2, -0.15) is 0 Å². The molecular formula is C40H45ClN4O5S. The summed E-state index contributed by atoms with van der Waals surface area (Å²) in [5.74, 6) is 0.206. The lowest BCUT2D eigenvalue weighted by molar-refractivity contribution is 0.0131. The van der Waals surface area contributed by atoms with Crippen LogP contribution in [-0.2, 0) is 33.0 Å². The third-order valence-electron chi connectivity index (χ3n) is 11.5. The van der Waals surface area contributed by atoms with Gasteiger partial charge in [0.05, 0.1) is 29.7 Å². The number of amides is 2. The number of halogens is 1. The smallest absolute Gasteiger partial charge is 0.286 e. The van der Waals surface area contributed by atoms with Crippen LogP contribution in [0.3, 0.4) is 0 Å². The minimum absolute atomic E-state index is 0.0259. The maximum absolute atomic E-state index is 14.6. The van der Waals surface area contributed by atoms with Crippen LogP contribution in [-0.4, -0.2) is 59.3 Å². The summed E-state index contributed by atoms with van der Waals surface area (Å²) in [6.07, 6.45) is 15.6. The van der Waals surface area contributed by atoms with Gasteiger partial charge in [-0.25, -0.2) is 4.21 Å². The standard InChI is InChI=1S/C40H45ClN4O5S/c1-26-6-3-9-36(49-2)33-13-10-29(33)21-45-24-40(16-4-7-27-18-31(41)12-14-34(27)40)25-50-37-15-11-28(20-35(37)45)38(46)42-51(48,23-26)43-39(47)30-19-32-8-5-17-44(32)22-30/h3,5,8-9,11-12,14-15,18-20,22,26,29,33,36H,4,6-7,10,13,16-17,21,23-25H2,1-2H3,(H,42,43,46,47,48)/b9-3+/t26-,29-,33+,36-,40-,51?/m0/s1. The zero-order valence-corrected chi connectivity index (χ0v) is 30.8. The molecule has 4 heterocycles. The minimum atomic E-state index is -3.50. The molecule has 2 aliphatic carbocycles. The van der Waals surface area contributed by atoms with Crippen molar-refractivity contribution in [3.63, 3.8) is 0 Å². The molecule has 268 valence electrons. The number of rotatable bonds is 3. The number of benzene rings is 2. The molecule has 1 spiro atoms. The number of carbonyl (C=O) groups excluding carboxylic acids is 2. The predicted molar refractivity (Wildman–Crippen MR) is 201 cm³/mol. The van der Waals surface area contributed by atoms with Gasteiger partial charge in [-0.15, -0.1) is 4.36 Å². The number of hydrogen-bond donors (Lipinski definition) is 1. The number of hydrogen-bond acceptors (Lipinski definition) is 6. The fourth-order valence-corrected chi connectivity index (χ4v) is 10.9. The molecular weight excluding hydrogens is 684 g/mol. The number of allylic oxidation sites excluding steroid dienone is 2. The molecule has 1 saturated carbocycles. The molecule has 1 N–H and O–H groups in total. The Morgan fingerprint density at radius 2 is 2.04 bits per heavy atom. The van der Waals surface area contributed by atoms with Gasteiger partial charge in [0.1, 0.15) is 15.7 Å². The van der Waals surface area contributed by atoms with E-state index < -0.39 is 21.7 Å². The number of aromatic nitrogens is 1. The number of fused-ring (bicyclic) bond motifs is 5. The number of carbonyl (C=O) groups is 2. The zero-order chi connectivity index (χ0) is 35.3. The first-order valence-corrected chi connectivity index (χ1v) is 20.2. The number of nitrogens with zero attached hydrogens (tertiary/aromatic N) is 3. The van der Waals surface area contributed by atoms with Crippen molar-refractivity contribution in [1.82, 2.24) is 9.29 Å². The second-order valence-corrected chi connectivity index (χ2v) is 17.5. The summed E-state index contributed by atoms with van der Waals surface area (Å²) >= 11 is 6.46. The second kappa shape index (κ2) is 13.6. The van der Waals surface area contributed by atoms with Gasteiger partial charge in [0.15, 0.2) is 0 Å². The van der Waals surface area contributed by atoms with Crippen LogP contribution in [0.1, 0.15) is 76.6 Å². The van der Waals surface area contributed by atoms with E-state index in [0.717, 1.165) is 61.6 Å². The molecule has 6 atom stereocenters. The lowest BCUT2D eigenvalue weighted by Crippen LogP contribution is -2.49. The van der Waals surface area contributed by atoms with Gasteiger partial charge in [0.25, 0.3) is 11.8 Å². The maximum atomic E-state index is 14.6. The lowest BCUT2D eigenvalue weighted by Gasteiger charge is -2.46. The van der Waals surface area contributed by atoms with Crippen LogP contribution >= 0.6 is 11.6 Å². The third-order valence-corrected chi connectivity index (χ3v) is 13.8. The average molecular weight is 729 g/mol. The van der Waals surface area contributed by atoms with E-state index in [1.54, 1.807) is 25.4 Å². The maximum Gasteiger partial charge on any atom is 0.286 e. The Balaban J connectivity index is 1.19. The highest BCUT2D eigenvalue weighted by Crippen LogP contribution is 2.47. The first-order chi connectivity index (χ1) is 24.6. The number of nitrogens with one attached hydrogen (secondary N) is 1. The lowest BCUT2D eigenvalue weighted by atomic mass is 9.68. The molecule has 11 heteroatoms. The average Bonchev–Trinajstić information content (AvgIpc) is 3.67. The molecule has 9 nitrogen and oxygen atoms in total. The highest BCUT2D eigenvalue weighted by molar-refractivity contribution is 7.92. The van der Waals surface area contributed by atoms with Crippen LogP contribution in [0.4, 0.5) is 5.69 Å². The van der Waals surface area contributed by atoms with Crippen LogP contribution in [0.5, 0.6) is 5.75 Å². The molecule has 1 unspecified atom stereocenters. The Hall–Kier alpha value is -3.86. The number of aryl methyl sites for hydroxylation is 1. The molecule has 5 aliphatic rings. The van der Waals surface area contributed by atoms with Gasteiger partial charge >= 0.3 is 0 Å². The fourth-order valence-electron chi connectivity index (χ4n) is 8.81. The summed E-state index contributed by atoms with van der Waals surface area (Å²) in [4.78, 5) is 29.9. The summed E-state index contributed by atoms with van der Waals surface area (Å²) in [5, 5.41) is 0.744. The molecule has 51 heavy (non-hydrogen) atoms. The third kappa shape index (κ3) is 6.66.